The monoisotopic (exact) mass is 552 g/mol. The van der Waals surface area contributed by atoms with E-state index in [0.29, 0.717) is 55.7 Å². The number of anilines is 1. The average molecular weight is 553 g/mol. The van der Waals surface area contributed by atoms with Crippen molar-refractivity contribution in [1.29, 1.82) is 0 Å². The summed E-state index contributed by atoms with van der Waals surface area (Å²) in [6.45, 7) is 3.34. The van der Waals surface area contributed by atoms with Gasteiger partial charge in [0.05, 0.1) is 18.5 Å². The summed E-state index contributed by atoms with van der Waals surface area (Å²) < 4.78 is 33.4. The van der Waals surface area contributed by atoms with Crippen LogP contribution in [-0.2, 0) is 19.6 Å². The van der Waals surface area contributed by atoms with E-state index in [-0.39, 0.29) is 41.6 Å². The number of benzene rings is 2. The van der Waals surface area contributed by atoms with Crippen molar-refractivity contribution in [3.63, 3.8) is 0 Å². The molecule has 2 aromatic carbocycles. The molecule has 0 bridgehead atoms. The van der Waals surface area contributed by atoms with Gasteiger partial charge in [0, 0.05) is 48.9 Å². The molecule has 0 spiro atoms. The maximum atomic E-state index is 13.0. The first-order chi connectivity index (χ1) is 18.8. The molecule has 0 saturated carbocycles. The van der Waals surface area contributed by atoms with Crippen LogP contribution < -0.4 is 10.0 Å². The van der Waals surface area contributed by atoms with Crippen molar-refractivity contribution in [3.05, 3.63) is 66.4 Å². The van der Waals surface area contributed by atoms with Crippen molar-refractivity contribution < 1.29 is 27.5 Å². The predicted octanol–water partition coefficient (Wildman–Crippen LogP) is 3.98. The summed E-state index contributed by atoms with van der Waals surface area (Å²) in [5.41, 5.74) is 1.24. The second kappa shape index (κ2) is 12.7. The van der Waals surface area contributed by atoms with Crippen LogP contribution in [0.4, 0.5) is 10.5 Å². The molecular formula is C28H32N4O6S. The molecule has 0 atom stereocenters. The van der Waals surface area contributed by atoms with Crippen LogP contribution in [0.1, 0.15) is 43.0 Å². The van der Waals surface area contributed by atoms with E-state index in [1.165, 1.54) is 6.07 Å². The first kappa shape index (κ1) is 28.0. The molecule has 0 aliphatic carbocycles. The quantitative estimate of drug-likeness (QED) is 0.287. The molecule has 1 saturated heterocycles. The molecule has 2 heterocycles. The lowest BCUT2D eigenvalue weighted by atomic mass is 9.90. The number of rotatable bonds is 10. The zero-order valence-corrected chi connectivity index (χ0v) is 22.6. The highest BCUT2D eigenvalue weighted by Crippen LogP contribution is 2.25. The Morgan fingerprint density at radius 3 is 2.46 bits per heavy atom. The lowest BCUT2D eigenvalue weighted by Crippen LogP contribution is -2.45. The minimum absolute atomic E-state index is 0.0278. The Labute approximate surface area is 227 Å². The summed E-state index contributed by atoms with van der Waals surface area (Å²) in [5.74, 6) is -0.222. The van der Waals surface area contributed by atoms with Gasteiger partial charge in [-0.3, -0.25) is 19.3 Å². The van der Waals surface area contributed by atoms with Crippen molar-refractivity contribution in [2.45, 2.75) is 37.5 Å². The highest BCUT2D eigenvalue weighted by molar-refractivity contribution is 7.93. The lowest BCUT2D eigenvalue weighted by molar-refractivity contribution is -0.142. The molecule has 10 nitrogen and oxygen atoms in total. The molecule has 206 valence electrons. The normalized spacial score (nSPS) is 14.1. The number of aromatic nitrogens is 1. The van der Waals surface area contributed by atoms with Crippen LogP contribution in [0.2, 0.25) is 0 Å². The Kier molecular flexibility index (Phi) is 9.13. The second-order valence-corrected chi connectivity index (χ2v) is 11.0. The van der Waals surface area contributed by atoms with Crippen molar-refractivity contribution in [1.82, 2.24) is 15.2 Å². The third-order valence-electron chi connectivity index (χ3n) is 6.63. The highest BCUT2D eigenvalue weighted by Gasteiger charge is 2.25. The van der Waals surface area contributed by atoms with Gasteiger partial charge >= 0.3 is 12.0 Å². The van der Waals surface area contributed by atoms with E-state index in [9.17, 15) is 22.8 Å². The fraction of sp³-hybridized carbons (Fsp3) is 0.357. The van der Waals surface area contributed by atoms with Gasteiger partial charge in [0.2, 0.25) is 0 Å². The summed E-state index contributed by atoms with van der Waals surface area (Å²) in [7, 11) is -3.88. The Morgan fingerprint density at radius 1 is 1.03 bits per heavy atom. The van der Waals surface area contributed by atoms with E-state index < -0.39 is 10.0 Å². The number of urea groups is 1. The van der Waals surface area contributed by atoms with Gasteiger partial charge < -0.3 is 15.0 Å². The average Bonchev–Trinajstić information content (AvgIpc) is 2.93. The smallest absolute Gasteiger partial charge is 0.317 e. The maximum absolute atomic E-state index is 13.0. The standard InChI is InChI=1S/C28H32N4O6S/c1-2-38-26(34)12-16-30-28(35)32-17-13-20(14-18-32)19-24(33)21-8-10-23(11-9-21)31-39(36,37)25-7-3-5-22-6-4-15-29-27(22)25/h3-11,15,20,31H,2,12-14,16-19H2,1H3,(H,30,35). The molecule has 1 aliphatic heterocycles. The third-order valence-corrected chi connectivity index (χ3v) is 8.04. The van der Waals surface area contributed by atoms with E-state index >= 15 is 0 Å². The molecule has 0 radical (unpaired) electrons. The van der Waals surface area contributed by atoms with E-state index in [4.69, 9.17) is 4.74 Å². The van der Waals surface area contributed by atoms with Gasteiger partial charge in [-0.2, -0.15) is 0 Å². The number of fused-ring (bicyclic) bond motifs is 1. The van der Waals surface area contributed by atoms with Crippen LogP contribution in [0.3, 0.4) is 0 Å². The van der Waals surface area contributed by atoms with E-state index in [2.05, 4.69) is 15.0 Å². The van der Waals surface area contributed by atoms with Gasteiger partial charge in [0.15, 0.2) is 5.78 Å². The lowest BCUT2D eigenvalue weighted by Gasteiger charge is -2.31. The predicted molar refractivity (Wildman–Crippen MR) is 147 cm³/mol. The number of nitrogens with one attached hydrogen (secondary N) is 2. The molecular weight excluding hydrogens is 520 g/mol. The minimum atomic E-state index is -3.88. The minimum Gasteiger partial charge on any atom is -0.466 e. The molecule has 0 unspecified atom stereocenters. The Balaban J connectivity index is 1.27. The number of hydrogen-bond donors (Lipinski definition) is 2. The first-order valence-corrected chi connectivity index (χ1v) is 14.4. The van der Waals surface area contributed by atoms with Crippen molar-refractivity contribution in [2.24, 2.45) is 5.92 Å². The number of piperidine rings is 1. The summed E-state index contributed by atoms with van der Waals surface area (Å²) in [4.78, 5) is 42.6. The van der Waals surface area contributed by atoms with Crippen LogP contribution in [0.15, 0.2) is 65.7 Å². The number of carbonyl (C=O) groups excluding carboxylic acids is 3. The van der Waals surface area contributed by atoms with Crippen molar-refractivity contribution in [2.75, 3.05) is 31.0 Å². The van der Waals surface area contributed by atoms with E-state index in [1.54, 1.807) is 66.6 Å². The zero-order valence-electron chi connectivity index (χ0n) is 21.8. The number of ketones is 1. The van der Waals surface area contributed by atoms with Crippen molar-refractivity contribution in [3.8, 4) is 0 Å². The summed E-state index contributed by atoms with van der Waals surface area (Å²) in [6.07, 6.45) is 3.44. The highest BCUT2D eigenvalue weighted by atomic mass is 32.2. The van der Waals surface area contributed by atoms with Crippen LogP contribution in [0.5, 0.6) is 0 Å². The Bertz CT molecular complexity index is 1430. The summed E-state index contributed by atoms with van der Waals surface area (Å²) in [6, 6.07) is 14.7. The van der Waals surface area contributed by atoms with Gasteiger partial charge in [-0.15, -0.1) is 0 Å². The van der Waals surface area contributed by atoms with Gasteiger partial charge in [-0.1, -0.05) is 18.2 Å². The largest absolute Gasteiger partial charge is 0.466 e. The molecule has 3 aromatic rings. The molecule has 39 heavy (non-hydrogen) atoms. The summed E-state index contributed by atoms with van der Waals surface area (Å²) in [5, 5.41) is 3.45. The van der Waals surface area contributed by atoms with Crippen LogP contribution in [-0.4, -0.2) is 62.3 Å². The Hall–Kier alpha value is -3.99. The fourth-order valence-electron chi connectivity index (χ4n) is 4.56. The molecule has 2 N–H and O–H groups in total. The third kappa shape index (κ3) is 7.32. The van der Waals surface area contributed by atoms with Gasteiger partial charge in [-0.05, 0) is 62.1 Å². The maximum Gasteiger partial charge on any atom is 0.317 e. The molecule has 1 fully saturated rings. The second-order valence-electron chi connectivity index (χ2n) is 9.36. The van der Waals surface area contributed by atoms with E-state index in [0.717, 1.165) is 5.39 Å². The molecule has 4 rings (SSSR count). The van der Waals surface area contributed by atoms with E-state index in [1.807, 2.05) is 0 Å². The SMILES string of the molecule is CCOC(=O)CCNC(=O)N1CCC(CC(=O)c2ccc(NS(=O)(=O)c3cccc4cccnc34)cc2)CC1. The number of amides is 2. The van der Waals surface area contributed by atoms with Gasteiger partial charge in [0.1, 0.15) is 4.90 Å². The topological polar surface area (TPSA) is 135 Å². The molecule has 1 aromatic heterocycles. The Morgan fingerprint density at radius 2 is 1.74 bits per heavy atom. The van der Waals surface area contributed by atoms with Crippen molar-refractivity contribution >= 4 is 44.4 Å². The number of para-hydroxylation sites is 1. The number of sulfonamides is 1. The molecule has 1 aliphatic rings. The number of pyridine rings is 1. The van der Waals surface area contributed by atoms with Gasteiger partial charge in [-0.25, -0.2) is 13.2 Å². The first-order valence-electron chi connectivity index (χ1n) is 12.9. The number of likely N-dealkylation sites (tertiary alicyclic amines) is 1. The summed E-state index contributed by atoms with van der Waals surface area (Å²) >= 11 is 0. The number of carbonyl (C=O) groups is 3. The number of hydrogen-bond acceptors (Lipinski definition) is 7. The zero-order chi connectivity index (χ0) is 27.8. The number of nitrogens with zero attached hydrogens (tertiary/aromatic N) is 2. The van der Waals surface area contributed by atoms with Crippen LogP contribution in [0.25, 0.3) is 10.9 Å². The van der Waals surface area contributed by atoms with Crippen LogP contribution >= 0.6 is 0 Å². The van der Waals surface area contributed by atoms with Crippen LogP contribution in [0, 0.1) is 5.92 Å². The molecule has 2 amide bonds. The number of ether oxygens (including phenoxy) is 1. The fourth-order valence-corrected chi connectivity index (χ4v) is 5.80. The molecule has 11 heteroatoms. The number of Topliss-reactive ketones (excluding diaryl/α,β-unsaturated/α-hetero) is 1. The van der Waals surface area contributed by atoms with Gasteiger partial charge in [0.25, 0.3) is 10.0 Å². The number of esters is 1.